The molecule has 0 aromatic carbocycles. The second kappa shape index (κ2) is 19.3. The van der Waals surface area contributed by atoms with Crippen LogP contribution in [0.2, 0.25) is 0 Å². The molecule has 6 fully saturated rings. The Morgan fingerprint density at radius 1 is 0.476 bits per heavy atom. The number of carbonyl (C=O) groups is 3. The maximum absolute atomic E-state index is 12.7. The summed E-state index contributed by atoms with van der Waals surface area (Å²) in [6.45, 7) is 31.6. The molecule has 3 amide bonds. The number of likely N-dealkylation sites (tertiary alicyclic amines) is 3. The van der Waals surface area contributed by atoms with Crippen molar-refractivity contribution in [3.8, 4) is 0 Å². The van der Waals surface area contributed by atoms with E-state index in [1.54, 1.807) is 4.90 Å². The summed E-state index contributed by atoms with van der Waals surface area (Å²) in [5, 5.41) is 9.96. The van der Waals surface area contributed by atoms with Crippen LogP contribution in [-0.2, 0) is 9.47 Å². The van der Waals surface area contributed by atoms with E-state index in [-0.39, 0.29) is 23.6 Å². The number of nitrogens with zero attached hydrogens (tertiary/aromatic N) is 12. The minimum absolute atomic E-state index is 0.0172. The number of aromatic nitrogens is 3. The van der Waals surface area contributed by atoms with Gasteiger partial charge < -0.3 is 44.0 Å². The molecule has 1 N–H and O–H groups in total. The summed E-state index contributed by atoms with van der Waals surface area (Å²) in [5.74, 6) is 2.21. The van der Waals surface area contributed by atoms with Gasteiger partial charge in [0, 0.05) is 135 Å². The second-order valence-corrected chi connectivity index (χ2v) is 21.7. The van der Waals surface area contributed by atoms with Crippen molar-refractivity contribution in [3.05, 3.63) is 0 Å². The van der Waals surface area contributed by atoms with Crippen LogP contribution in [0.1, 0.15) is 101 Å². The minimum atomic E-state index is -0.816. The van der Waals surface area contributed by atoms with Crippen LogP contribution in [0.5, 0.6) is 0 Å². The van der Waals surface area contributed by atoms with Crippen molar-refractivity contribution in [2.75, 3.05) is 126 Å². The zero-order valence-electron chi connectivity index (χ0n) is 39.9. The number of anilines is 3. The van der Waals surface area contributed by atoms with Crippen molar-refractivity contribution < 1.29 is 29.0 Å². The number of hydrogen-bond acceptors (Lipinski definition) is 14. The fraction of sp³-hybridized carbons (Fsp3) is 0.867. The van der Waals surface area contributed by atoms with Crippen LogP contribution in [0, 0.1) is 5.41 Å². The van der Waals surface area contributed by atoms with Gasteiger partial charge in [-0.2, -0.15) is 15.0 Å². The molecule has 6 saturated heterocycles. The molecule has 1 aromatic heterocycles. The van der Waals surface area contributed by atoms with Gasteiger partial charge in [-0.05, 0) is 85.5 Å². The minimum Gasteiger partial charge on any atom is -0.465 e. The van der Waals surface area contributed by atoms with Gasteiger partial charge >= 0.3 is 18.3 Å². The highest BCUT2D eigenvalue weighted by atomic mass is 16.6. The van der Waals surface area contributed by atoms with Crippen LogP contribution in [-0.4, -0.2) is 214 Å². The lowest BCUT2D eigenvalue weighted by Crippen LogP contribution is -2.59. The fourth-order valence-electron chi connectivity index (χ4n) is 10.4. The number of piperidine rings is 3. The molecule has 7 heterocycles. The molecule has 0 aliphatic carbocycles. The maximum atomic E-state index is 12.7. The van der Waals surface area contributed by atoms with E-state index >= 15 is 0 Å². The van der Waals surface area contributed by atoms with Crippen LogP contribution >= 0.6 is 0 Å². The van der Waals surface area contributed by atoms with E-state index in [4.69, 9.17) is 24.4 Å². The van der Waals surface area contributed by atoms with Gasteiger partial charge in [0.2, 0.25) is 17.8 Å². The summed E-state index contributed by atoms with van der Waals surface area (Å²) in [7, 11) is 0. The van der Waals surface area contributed by atoms with Crippen molar-refractivity contribution in [2.45, 2.75) is 136 Å². The normalized spacial score (nSPS) is 25.1. The number of amides is 3. The zero-order chi connectivity index (χ0) is 45.3. The molecule has 18 heteroatoms. The third kappa shape index (κ3) is 12.1. The topological polar surface area (TPSA) is 158 Å². The predicted molar refractivity (Wildman–Crippen MR) is 244 cm³/mol. The average molecular weight is 883 g/mol. The number of carbonyl (C=O) groups excluding carboxylic acids is 2. The number of piperazine rings is 3. The summed E-state index contributed by atoms with van der Waals surface area (Å²) >= 11 is 0. The molecule has 7 rings (SSSR count). The van der Waals surface area contributed by atoms with Crippen molar-refractivity contribution in [3.63, 3.8) is 0 Å². The SMILES string of the molecule is CC(C)(C)OC(=O)N1CCC(N2CCN(c3nc(N4CCN(C5CCN(C(=O)OC(C)(C)C)CC5)CC4)nc(N4CCN(C5CCN(C(=O)O)C(C(C)(C)C)C5)CC4)n3)CC2)CC1. The van der Waals surface area contributed by atoms with Gasteiger partial charge in [0.1, 0.15) is 11.2 Å². The molecule has 0 spiro atoms. The Bertz CT molecular complexity index is 1620. The number of carboxylic acid groups (broad SMARTS) is 1. The van der Waals surface area contributed by atoms with Gasteiger partial charge in [0.05, 0.1) is 0 Å². The quantitative estimate of drug-likeness (QED) is 0.423. The van der Waals surface area contributed by atoms with Crippen LogP contribution in [0.15, 0.2) is 0 Å². The molecule has 1 aromatic rings. The molecule has 0 bridgehead atoms. The first kappa shape index (κ1) is 47.1. The third-order valence-corrected chi connectivity index (χ3v) is 14.0. The molecule has 6 aliphatic rings. The fourth-order valence-corrected chi connectivity index (χ4v) is 10.4. The Hall–Kier alpha value is -3.90. The lowest BCUT2D eigenvalue weighted by atomic mass is 9.79. The number of hydrogen-bond donors (Lipinski definition) is 1. The summed E-state index contributed by atoms with van der Waals surface area (Å²) in [5.41, 5.74) is -1.12. The Morgan fingerprint density at radius 2 is 0.794 bits per heavy atom. The predicted octanol–water partition coefficient (Wildman–Crippen LogP) is 4.59. The van der Waals surface area contributed by atoms with Gasteiger partial charge in [-0.25, -0.2) is 14.4 Å². The van der Waals surface area contributed by atoms with Crippen LogP contribution < -0.4 is 14.7 Å². The van der Waals surface area contributed by atoms with Crippen molar-refractivity contribution in [2.24, 2.45) is 5.41 Å². The van der Waals surface area contributed by atoms with E-state index in [2.05, 4.69) is 50.2 Å². The maximum Gasteiger partial charge on any atom is 0.410 e. The highest BCUT2D eigenvalue weighted by Crippen LogP contribution is 2.35. The molecule has 6 aliphatic heterocycles. The Balaban J connectivity index is 0.992. The smallest absolute Gasteiger partial charge is 0.410 e. The first-order valence-electron chi connectivity index (χ1n) is 23.9. The molecule has 2 atom stereocenters. The van der Waals surface area contributed by atoms with Gasteiger partial charge in [0.15, 0.2) is 0 Å². The van der Waals surface area contributed by atoms with Gasteiger partial charge in [-0.1, -0.05) is 20.8 Å². The largest absolute Gasteiger partial charge is 0.465 e. The zero-order valence-corrected chi connectivity index (χ0v) is 39.9. The number of ether oxygens (including phenoxy) is 2. The summed E-state index contributed by atoms with van der Waals surface area (Å²) in [4.78, 5) is 73.2. The van der Waals surface area contributed by atoms with Crippen molar-refractivity contribution in [1.29, 1.82) is 0 Å². The Morgan fingerprint density at radius 3 is 1.10 bits per heavy atom. The first-order valence-corrected chi connectivity index (χ1v) is 23.9. The molecule has 2 unspecified atom stereocenters. The van der Waals surface area contributed by atoms with E-state index in [9.17, 15) is 19.5 Å². The molecular weight excluding hydrogens is 805 g/mol. The van der Waals surface area contributed by atoms with E-state index in [0.717, 1.165) is 135 Å². The second-order valence-electron chi connectivity index (χ2n) is 21.7. The molecular formula is C45H78N12O6. The van der Waals surface area contributed by atoms with Gasteiger partial charge in [-0.15, -0.1) is 0 Å². The molecule has 0 saturated carbocycles. The molecule has 63 heavy (non-hydrogen) atoms. The van der Waals surface area contributed by atoms with Gasteiger partial charge in [-0.3, -0.25) is 14.7 Å². The monoisotopic (exact) mass is 883 g/mol. The third-order valence-electron chi connectivity index (χ3n) is 14.0. The van der Waals surface area contributed by atoms with Crippen molar-refractivity contribution >= 4 is 36.1 Å². The Kier molecular flexibility index (Phi) is 14.4. The van der Waals surface area contributed by atoms with Crippen LogP contribution in [0.3, 0.4) is 0 Å². The lowest BCUT2D eigenvalue weighted by molar-refractivity contribution is 0.0130. The Labute approximate surface area is 376 Å². The first-order chi connectivity index (χ1) is 29.7. The van der Waals surface area contributed by atoms with E-state index in [1.165, 1.54) is 0 Å². The lowest BCUT2D eigenvalue weighted by Gasteiger charge is -2.48. The van der Waals surface area contributed by atoms with Gasteiger partial charge in [0.25, 0.3) is 0 Å². The average Bonchev–Trinajstić information content (AvgIpc) is 3.25. The molecule has 354 valence electrons. The van der Waals surface area contributed by atoms with E-state index in [0.29, 0.717) is 50.8 Å². The van der Waals surface area contributed by atoms with E-state index < -0.39 is 17.3 Å². The van der Waals surface area contributed by atoms with Crippen LogP contribution in [0.25, 0.3) is 0 Å². The summed E-state index contributed by atoms with van der Waals surface area (Å²) < 4.78 is 11.3. The van der Waals surface area contributed by atoms with E-state index in [1.807, 2.05) is 51.3 Å². The summed E-state index contributed by atoms with van der Waals surface area (Å²) in [6, 6.07) is 1.19. The number of rotatable bonds is 6. The highest BCUT2D eigenvalue weighted by Gasteiger charge is 2.41. The molecule has 0 radical (unpaired) electrons. The summed E-state index contributed by atoms with van der Waals surface area (Å²) in [6.07, 6.45) is 4.21. The molecule has 18 nitrogen and oxygen atoms in total. The van der Waals surface area contributed by atoms with Crippen LogP contribution in [0.4, 0.5) is 32.2 Å². The highest BCUT2D eigenvalue weighted by molar-refractivity contribution is 5.68. The van der Waals surface area contributed by atoms with Crippen molar-refractivity contribution in [1.82, 2.24) is 44.4 Å². The standard InChI is InChI=1S/C45H78N12O6/c1-43(2,3)36-32-35(14-19-57(36)40(58)59)51-24-30-54(31-25-51)39-47-37(52-26-20-49(21-27-52)33-10-15-55(16-11-33)41(60)62-44(4,5)6)46-38(48-39)53-28-22-50(23-29-53)34-12-17-56(18-13-34)42(61)63-45(7,8)9/h33-36H,10-32H2,1-9H3,(H,58,59).